The van der Waals surface area contributed by atoms with Crippen molar-refractivity contribution in [2.45, 2.75) is 18.2 Å². The van der Waals surface area contributed by atoms with Crippen molar-refractivity contribution in [1.29, 1.82) is 0 Å². The van der Waals surface area contributed by atoms with Crippen LogP contribution in [0.1, 0.15) is 11.1 Å². The predicted molar refractivity (Wildman–Crippen MR) is 101 cm³/mol. The zero-order valence-corrected chi connectivity index (χ0v) is 15.8. The quantitative estimate of drug-likeness (QED) is 0.666. The van der Waals surface area contributed by atoms with Gasteiger partial charge in [0.1, 0.15) is 16.4 Å². The number of nitrogens with one attached hydrogen (secondary N) is 2. The van der Waals surface area contributed by atoms with Crippen molar-refractivity contribution in [3.05, 3.63) is 53.7 Å². The highest BCUT2D eigenvalue weighted by molar-refractivity contribution is 7.89. The first-order chi connectivity index (χ1) is 12.4. The summed E-state index contributed by atoms with van der Waals surface area (Å²) < 4.78 is 38.4. The Morgan fingerprint density at radius 2 is 1.88 bits per heavy atom. The van der Waals surface area contributed by atoms with Crippen molar-refractivity contribution >= 4 is 20.9 Å². The summed E-state index contributed by atoms with van der Waals surface area (Å²) in [4.78, 5) is 3.35. The van der Waals surface area contributed by atoms with E-state index < -0.39 is 10.0 Å². The Labute approximate surface area is 153 Å². The smallest absolute Gasteiger partial charge is 0.244 e. The molecule has 7 heteroatoms. The number of aromatic nitrogens is 1. The van der Waals surface area contributed by atoms with Gasteiger partial charge < -0.3 is 14.5 Å². The average molecular weight is 374 g/mol. The molecule has 26 heavy (non-hydrogen) atoms. The molecule has 0 spiro atoms. The van der Waals surface area contributed by atoms with Gasteiger partial charge in [-0.25, -0.2) is 13.1 Å². The van der Waals surface area contributed by atoms with Gasteiger partial charge in [0.05, 0.1) is 14.2 Å². The van der Waals surface area contributed by atoms with E-state index in [0.717, 1.165) is 27.8 Å². The van der Waals surface area contributed by atoms with Gasteiger partial charge in [-0.3, -0.25) is 0 Å². The van der Waals surface area contributed by atoms with Gasteiger partial charge >= 0.3 is 0 Å². The molecule has 1 aromatic heterocycles. The van der Waals surface area contributed by atoms with Crippen LogP contribution in [0.15, 0.2) is 47.5 Å². The number of fused-ring (bicyclic) bond motifs is 1. The maximum Gasteiger partial charge on any atom is 0.244 e. The fourth-order valence-electron chi connectivity index (χ4n) is 2.88. The third-order valence-corrected chi connectivity index (χ3v) is 5.75. The van der Waals surface area contributed by atoms with E-state index in [0.29, 0.717) is 12.2 Å². The highest BCUT2D eigenvalue weighted by Crippen LogP contribution is 2.26. The summed E-state index contributed by atoms with van der Waals surface area (Å²) in [5.74, 6) is 1.10. The van der Waals surface area contributed by atoms with E-state index in [2.05, 4.69) is 9.71 Å². The van der Waals surface area contributed by atoms with Gasteiger partial charge in [0, 0.05) is 23.6 Å². The molecule has 0 aliphatic carbocycles. The number of sulfonamides is 1. The van der Waals surface area contributed by atoms with Crippen LogP contribution in [-0.4, -0.2) is 34.2 Å². The maximum atomic E-state index is 12.6. The zero-order chi connectivity index (χ0) is 18.7. The predicted octanol–water partition coefficient (Wildman–Crippen LogP) is 3.01. The van der Waals surface area contributed by atoms with Crippen LogP contribution < -0.4 is 14.2 Å². The molecule has 0 aliphatic heterocycles. The Morgan fingerprint density at radius 1 is 1.08 bits per heavy atom. The molecule has 1 heterocycles. The van der Waals surface area contributed by atoms with Gasteiger partial charge in [-0.15, -0.1) is 0 Å². The standard InChI is InChI=1S/C19H22N2O4S/c1-13-4-7-18(25-3)19(10-13)26(22,23)21-9-8-14-12-20-17-6-5-15(24-2)11-16(14)17/h4-7,10-12,20-21H,8-9H2,1-3H3. The first kappa shape index (κ1) is 18.3. The Bertz CT molecular complexity index is 1030. The number of ether oxygens (including phenoxy) is 2. The summed E-state index contributed by atoms with van der Waals surface area (Å²) in [7, 11) is -0.572. The lowest BCUT2D eigenvalue weighted by Crippen LogP contribution is -2.26. The molecular weight excluding hydrogens is 352 g/mol. The highest BCUT2D eigenvalue weighted by Gasteiger charge is 2.19. The molecule has 0 fully saturated rings. The summed E-state index contributed by atoms with van der Waals surface area (Å²) in [5.41, 5.74) is 2.87. The number of benzene rings is 2. The Morgan fingerprint density at radius 3 is 2.62 bits per heavy atom. The largest absolute Gasteiger partial charge is 0.497 e. The van der Waals surface area contributed by atoms with Crippen LogP contribution in [0.5, 0.6) is 11.5 Å². The van der Waals surface area contributed by atoms with E-state index in [1.54, 1.807) is 19.2 Å². The van der Waals surface area contributed by atoms with Crippen LogP contribution in [0.4, 0.5) is 0 Å². The van der Waals surface area contributed by atoms with Crippen molar-refractivity contribution in [3.63, 3.8) is 0 Å². The molecule has 0 atom stereocenters. The molecule has 3 aromatic rings. The minimum absolute atomic E-state index is 0.153. The number of hydrogen-bond acceptors (Lipinski definition) is 4. The summed E-state index contributed by atoms with van der Waals surface area (Å²) in [5, 5.41) is 1.02. The van der Waals surface area contributed by atoms with E-state index >= 15 is 0 Å². The SMILES string of the molecule is COc1ccc2[nH]cc(CCNS(=O)(=O)c3cc(C)ccc3OC)c2c1. The van der Waals surface area contributed by atoms with Crippen molar-refractivity contribution < 1.29 is 17.9 Å². The topological polar surface area (TPSA) is 80.4 Å². The minimum Gasteiger partial charge on any atom is -0.497 e. The normalized spacial score (nSPS) is 11.7. The maximum absolute atomic E-state index is 12.6. The van der Waals surface area contributed by atoms with E-state index in [4.69, 9.17) is 9.47 Å². The number of hydrogen-bond donors (Lipinski definition) is 2. The monoisotopic (exact) mass is 374 g/mol. The van der Waals surface area contributed by atoms with Crippen molar-refractivity contribution in [1.82, 2.24) is 9.71 Å². The molecule has 2 aromatic carbocycles. The van der Waals surface area contributed by atoms with Gasteiger partial charge in [-0.1, -0.05) is 6.07 Å². The van der Waals surface area contributed by atoms with Crippen molar-refractivity contribution in [2.24, 2.45) is 0 Å². The lowest BCUT2D eigenvalue weighted by Gasteiger charge is -2.11. The van der Waals surface area contributed by atoms with Crippen LogP contribution in [0.25, 0.3) is 10.9 Å². The van der Waals surface area contributed by atoms with Gasteiger partial charge in [0.2, 0.25) is 10.0 Å². The number of methoxy groups -OCH3 is 2. The van der Waals surface area contributed by atoms with E-state index in [-0.39, 0.29) is 11.4 Å². The Kier molecular flexibility index (Phi) is 5.20. The Balaban J connectivity index is 1.76. The molecular formula is C19H22N2O4S. The second kappa shape index (κ2) is 7.39. The Hall–Kier alpha value is -2.51. The zero-order valence-electron chi connectivity index (χ0n) is 15.0. The van der Waals surface area contributed by atoms with Crippen LogP contribution in [0.3, 0.4) is 0 Å². The molecule has 3 rings (SSSR count). The van der Waals surface area contributed by atoms with Gasteiger partial charge in [-0.05, 0) is 54.8 Å². The van der Waals surface area contributed by atoms with Crippen LogP contribution in [0, 0.1) is 6.92 Å². The summed E-state index contributed by atoms with van der Waals surface area (Å²) in [6.45, 7) is 2.13. The third-order valence-electron chi connectivity index (χ3n) is 4.27. The molecule has 0 amide bonds. The molecule has 0 unspecified atom stereocenters. The summed E-state index contributed by atoms with van der Waals surface area (Å²) in [6.07, 6.45) is 2.45. The minimum atomic E-state index is -3.65. The molecule has 0 bridgehead atoms. The fourth-order valence-corrected chi connectivity index (χ4v) is 4.17. The lowest BCUT2D eigenvalue weighted by atomic mass is 10.1. The number of H-pyrrole nitrogens is 1. The van der Waals surface area contributed by atoms with Crippen molar-refractivity contribution in [2.75, 3.05) is 20.8 Å². The first-order valence-corrected chi connectivity index (χ1v) is 9.71. The fraction of sp³-hybridized carbons (Fsp3) is 0.263. The molecule has 0 aliphatic rings. The average Bonchev–Trinajstić information content (AvgIpc) is 3.03. The second-order valence-corrected chi connectivity index (χ2v) is 7.76. The van der Waals surface area contributed by atoms with Crippen LogP contribution in [0.2, 0.25) is 0 Å². The van der Waals surface area contributed by atoms with E-state index in [9.17, 15) is 8.42 Å². The summed E-state index contributed by atoms with van der Waals surface area (Å²) in [6, 6.07) is 10.9. The third kappa shape index (κ3) is 3.68. The molecule has 6 nitrogen and oxygen atoms in total. The van der Waals surface area contributed by atoms with Gasteiger partial charge in [0.15, 0.2) is 0 Å². The van der Waals surface area contributed by atoms with Gasteiger partial charge in [-0.2, -0.15) is 0 Å². The van der Waals surface area contributed by atoms with Gasteiger partial charge in [0.25, 0.3) is 0 Å². The molecule has 138 valence electrons. The molecule has 0 saturated heterocycles. The second-order valence-electron chi connectivity index (χ2n) is 6.03. The molecule has 0 radical (unpaired) electrons. The van der Waals surface area contributed by atoms with E-state index in [1.807, 2.05) is 37.4 Å². The number of aryl methyl sites for hydroxylation is 1. The van der Waals surface area contributed by atoms with E-state index in [1.165, 1.54) is 7.11 Å². The highest BCUT2D eigenvalue weighted by atomic mass is 32.2. The molecule has 2 N–H and O–H groups in total. The van der Waals surface area contributed by atoms with Crippen molar-refractivity contribution in [3.8, 4) is 11.5 Å². The van der Waals surface area contributed by atoms with Crippen LogP contribution in [-0.2, 0) is 16.4 Å². The molecule has 0 saturated carbocycles. The van der Waals surface area contributed by atoms with Crippen LogP contribution >= 0.6 is 0 Å². The lowest BCUT2D eigenvalue weighted by molar-refractivity contribution is 0.402. The number of aromatic amines is 1. The summed E-state index contributed by atoms with van der Waals surface area (Å²) >= 11 is 0. The first-order valence-electron chi connectivity index (χ1n) is 8.23. The number of rotatable bonds is 7.